The predicted molar refractivity (Wildman–Crippen MR) is 81.9 cm³/mol. The molecule has 1 aliphatic carbocycles. The number of carbonyl (C=O) groups is 1. The third-order valence-electron chi connectivity index (χ3n) is 3.56. The van der Waals surface area contributed by atoms with Gasteiger partial charge in [-0.15, -0.1) is 0 Å². The van der Waals surface area contributed by atoms with Gasteiger partial charge in [0.15, 0.2) is 0 Å². The standard InChI is InChI=1S/C8H14N2O.C8H8O/c1-9-8-5-3-2-4-7(8)6-10-11;1-7-4-2-3-5-8(7)6-9/h2-3,7-9H,4-6H2,1H3;2-6H,1H3. The van der Waals surface area contributed by atoms with Crippen LogP contribution < -0.4 is 5.32 Å². The molecule has 4 heteroatoms. The lowest BCUT2D eigenvalue weighted by molar-refractivity contribution is 0.112. The van der Waals surface area contributed by atoms with Crippen molar-refractivity contribution in [3.63, 3.8) is 0 Å². The van der Waals surface area contributed by atoms with Crippen LogP contribution in [0.4, 0.5) is 0 Å². The van der Waals surface area contributed by atoms with Crippen molar-refractivity contribution in [3.8, 4) is 0 Å². The molecule has 1 aromatic rings. The van der Waals surface area contributed by atoms with Crippen molar-refractivity contribution in [2.24, 2.45) is 11.1 Å². The number of hydrogen-bond acceptors (Lipinski definition) is 4. The smallest absolute Gasteiger partial charge is 0.150 e. The van der Waals surface area contributed by atoms with Crippen LogP contribution in [0.1, 0.15) is 28.8 Å². The average Bonchev–Trinajstić information content (AvgIpc) is 2.49. The molecule has 4 nitrogen and oxygen atoms in total. The largest absolute Gasteiger partial charge is 0.316 e. The first-order valence-electron chi connectivity index (χ1n) is 6.85. The quantitative estimate of drug-likeness (QED) is 0.521. The maximum atomic E-state index is 10.2. The predicted octanol–water partition coefficient (Wildman–Crippen LogP) is 3.11. The second-order valence-electron chi connectivity index (χ2n) is 4.88. The maximum absolute atomic E-state index is 10.2. The van der Waals surface area contributed by atoms with Gasteiger partial charge in [0, 0.05) is 17.5 Å². The van der Waals surface area contributed by atoms with Crippen molar-refractivity contribution in [1.29, 1.82) is 0 Å². The molecule has 1 aromatic carbocycles. The van der Waals surface area contributed by atoms with E-state index >= 15 is 0 Å². The van der Waals surface area contributed by atoms with Crippen LogP contribution in [0, 0.1) is 17.7 Å². The van der Waals surface area contributed by atoms with Gasteiger partial charge in [0.05, 0.1) is 6.54 Å². The van der Waals surface area contributed by atoms with Crippen LogP contribution >= 0.6 is 0 Å². The number of carbonyl (C=O) groups excluding carboxylic acids is 1. The summed E-state index contributed by atoms with van der Waals surface area (Å²) in [6.07, 6.45) is 7.16. The first-order chi connectivity index (χ1) is 9.72. The van der Waals surface area contributed by atoms with E-state index in [1.54, 1.807) is 0 Å². The minimum atomic E-state index is 0.405. The van der Waals surface area contributed by atoms with E-state index in [9.17, 15) is 9.70 Å². The average molecular weight is 274 g/mol. The minimum absolute atomic E-state index is 0.405. The molecule has 20 heavy (non-hydrogen) atoms. The molecular weight excluding hydrogens is 252 g/mol. The van der Waals surface area contributed by atoms with Crippen LogP contribution in [0.3, 0.4) is 0 Å². The van der Waals surface area contributed by atoms with Crippen LogP contribution in [0.2, 0.25) is 0 Å². The lowest BCUT2D eigenvalue weighted by Gasteiger charge is -2.25. The first-order valence-corrected chi connectivity index (χ1v) is 6.85. The number of nitroso groups, excluding NO2 is 1. The SMILES string of the molecule is CNC1CC=CCC1CN=O.Cc1ccccc1C=O. The molecule has 2 unspecified atom stereocenters. The molecule has 0 aromatic heterocycles. The van der Waals surface area contributed by atoms with Gasteiger partial charge in [0.1, 0.15) is 6.29 Å². The molecule has 0 radical (unpaired) electrons. The van der Waals surface area contributed by atoms with Crippen molar-refractivity contribution in [3.05, 3.63) is 52.5 Å². The van der Waals surface area contributed by atoms with Crippen molar-refractivity contribution in [2.45, 2.75) is 25.8 Å². The van der Waals surface area contributed by atoms with Crippen LogP contribution in [-0.4, -0.2) is 25.9 Å². The summed E-state index contributed by atoms with van der Waals surface area (Å²) in [5, 5.41) is 6.12. The van der Waals surface area contributed by atoms with Gasteiger partial charge in [-0.25, -0.2) is 0 Å². The number of nitrogens with zero attached hydrogens (tertiary/aromatic N) is 1. The zero-order chi connectivity index (χ0) is 14.8. The number of nitrogens with one attached hydrogen (secondary N) is 1. The van der Waals surface area contributed by atoms with Crippen LogP contribution in [0.5, 0.6) is 0 Å². The zero-order valence-electron chi connectivity index (χ0n) is 12.1. The highest BCUT2D eigenvalue weighted by atomic mass is 16.3. The summed E-state index contributed by atoms with van der Waals surface area (Å²) in [5.41, 5.74) is 1.81. The third kappa shape index (κ3) is 5.05. The van der Waals surface area contributed by atoms with E-state index in [1.165, 1.54) is 0 Å². The van der Waals surface area contributed by atoms with Gasteiger partial charge in [0.2, 0.25) is 0 Å². The van der Waals surface area contributed by atoms with E-state index in [-0.39, 0.29) is 0 Å². The maximum Gasteiger partial charge on any atom is 0.150 e. The second-order valence-corrected chi connectivity index (χ2v) is 4.88. The molecule has 0 fully saturated rings. The molecule has 0 saturated heterocycles. The highest BCUT2D eigenvalue weighted by Gasteiger charge is 2.20. The monoisotopic (exact) mass is 274 g/mol. The number of allylic oxidation sites excluding steroid dienone is 1. The fraction of sp³-hybridized carbons (Fsp3) is 0.438. The summed E-state index contributed by atoms with van der Waals surface area (Å²) < 4.78 is 0. The fourth-order valence-electron chi connectivity index (χ4n) is 2.24. The number of aryl methyl sites for hydroxylation is 1. The molecule has 2 rings (SSSR count). The normalized spacial score (nSPS) is 20.7. The van der Waals surface area contributed by atoms with E-state index in [0.29, 0.717) is 18.5 Å². The van der Waals surface area contributed by atoms with Crippen molar-refractivity contribution < 1.29 is 4.79 Å². The summed E-state index contributed by atoms with van der Waals surface area (Å²) in [6, 6.07) is 7.95. The molecule has 0 bridgehead atoms. The Morgan fingerprint density at radius 1 is 1.30 bits per heavy atom. The summed E-state index contributed by atoms with van der Waals surface area (Å²) >= 11 is 0. The van der Waals surface area contributed by atoms with E-state index in [0.717, 1.165) is 30.3 Å². The lowest BCUT2D eigenvalue weighted by Crippen LogP contribution is -2.35. The van der Waals surface area contributed by atoms with Crippen molar-refractivity contribution in [2.75, 3.05) is 13.6 Å². The van der Waals surface area contributed by atoms with E-state index < -0.39 is 0 Å². The number of hydrogen-bond donors (Lipinski definition) is 1. The van der Waals surface area contributed by atoms with Gasteiger partial charge in [-0.1, -0.05) is 41.6 Å². The number of benzene rings is 1. The Morgan fingerprint density at radius 3 is 2.55 bits per heavy atom. The van der Waals surface area contributed by atoms with Gasteiger partial charge in [-0.2, -0.15) is 4.91 Å². The van der Waals surface area contributed by atoms with Crippen LogP contribution in [-0.2, 0) is 0 Å². The van der Waals surface area contributed by atoms with E-state index in [4.69, 9.17) is 0 Å². The Balaban J connectivity index is 0.000000204. The minimum Gasteiger partial charge on any atom is -0.316 e. The second kappa shape index (κ2) is 9.15. The van der Waals surface area contributed by atoms with Crippen molar-refractivity contribution in [1.82, 2.24) is 5.32 Å². The number of aldehydes is 1. The summed E-state index contributed by atoms with van der Waals surface area (Å²) in [7, 11) is 1.93. The Hall–Kier alpha value is -1.81. The van der Waals surface area contributed by atoms with Crippen molar-refractivity contribution >= 4 is 6.29 Å². The van der Waals surface area contributed by atoms with Gasteiger partial charge in [-0.3, -0.25) is 4.79 Å². The molecule has 1 N–H and O–H groups in total. The topological polar surface area (TPSA) is 58.5 Å². The highest BCUT2D eigenvalue weighted by molar-refractivity contribution is 5.76. The summed E-state index contributed by atoms with van der Waals surface area (Å²) in [5.74, 6) is 0.405. The zero-order valence-corrected chi connectivity index (χ0v) is 12.1. The lowest BCUT2D eigenvalue weighted by atomic mass is 9.89. The molecule has 1 aliphatic rings. The van der Waals surface area contributed by atoms with Gasteiger partial charge in [0.25, 0.3) is 0 Å². The number of rotatable bonds is 4. The summed E-state index contributed by atoms with van der Waals surface area (Å²) in [4.78, 5) is 20.3. The highest BCUT2D eigenvalue weighted by Crippen LogP contribution is 2.18. The van der Waals surface area contributed by atoms with Gasteiger partial charge >= 0.3 is 0 Å². The molecule has 0 saturated carbocycles. The Labute approximate surface area is 120 Å². The fourth-order valence-corrected chi connectivity index (χ4v) is 2.24. The molecule has 0 heterocycles. The Morgan fingerprint density at radius 2 is 2.00 bits per heavy atom. The molecule has 0 spiro atoms. The molecule has 108 valence electrons. The molecule has 2 atom stereocenters. The van der Waals surface area contributed by atoms with E-state index in [1.807, 2.05) is 38.2 Å². The van der Waals surface area contributed by atoms with E-state index in [2.05, 4.69) is 22.6 Å². The third-order valence-corrected chi connectivity index (χ3v) is 3.56. The Kier molecular flexibility index (Phi) is 7.43. The van der Waals surface area contributed by atoms with Gasteiger partial charge in [-0.05, 0) is 32.4 Å². The molecular formula is C16H22N2O2. The van der Waals surface area contributed by atoms with Gasteiger partial charge < -0.3 is 5.32 Å². The Bertz CT molecular complexity index is 458. The first kappa shape index (κ1) is 16.2. The van der Waals surface area contributed by atoms with Crippen LogP contribution in [0.15, 0.2) is 41.6 Å². The molecule has 0 amide bonds. The van der Waals surface area contributed by atoms with Crippen LogP contribution in [0.25, 0.3) is 0 Å². The summed E-state index contributed by atoms with van der Waals surface area (Å²) in [6.45, 7) is 2.36. The molecule has 0 aliphatic heterocycles.